The van der Waals surface area contributed by atoms with Gasteiger partial charge < -0.3 is 15.3 Å². The van der Waals surface area contributed by atoms with Crippen molar-refractivity contribution < 1.29 is 15.3 Å². The first-order valence-electron chi connectivity index (χ1n) is 9.17. The van der Waals surface area contributed by atoms with Gasteiger partial charge in [-0.2, -0.15) is 0 Å². The molecule has 0 amide bonds. The Labute approximate surface area is 147 Å². The van der Waals surface area contributed by atoms with Gasteiger partial charge in [-0.1, -0.05) is 41.4 Å². The van der Waals surface area contributed by atoms with Crippen molar-refractivity contribution in [3.8, 4) is 0 Å². The van der Waals surface area contributed by atoms with Crippen molar-refractivity contribution in [2.24, 2.45) is 28.6 Å². The molecule has 4 heteroatoms. The van der Waals surface area contributed by atoms with Crippen molar-refractivity contribution in [2.75, 3.05) is 0 Å². The predicted octanol–water partition coefficient (Wildman–Crippen LogP) is 3.02. The molecule has 0 heterocycles. The summed E-state index contributed by atoms with van der Waals surface area (Å²) in [5.41, 5.74) is 1.34. The molecule has 4 aliphatic rings. The highest BCUT2D eigenvalue weighted by Gasteiger charge is 2.62. The largest absolute Gasteiger partial charge is 0.392 e. The fourth-order valence-corrected chi connectivity index (χ4v) is 7.63. The molecule has 3 N–H and O–H groups in total. The number of rotatable bonds is 0. The van der Waals surface area contributed by atoms with Crippen molar-refractivity contribution >= 4 is 15.9 Å². The van der Waals surface area contributed by atoms with Gasteiger partial charge in [-0.3, -0.25) is 0 Å². The third-order valence-corrected chi connectivity index (χ3v) is 8.92. The lowest BCUT2D eigenvalue weighted by atomic mass is 9.46. The lowest BCUT2D eigenvalue weighted by molar-refractivity contribution is -0.121. The van der Waals surface area contributed by atoms with Crippen molar-refractivity contribution in [2.45, 2.75) is 75.5 Å². The molecule has 9 atom stereocenters. The monoisotopic (exact) mass is 384 g/mol. The number of hydrogen-bond donors (Lipinski definition) is 3. The Bertz CT molecular complexity index is 535. The first kappa shape index (κ1) is 16.6. The molecule has 0 saturated heterocycles. The highest BCUT2D eigenvalue weighted by molar-refractivity contribution is 9.09. The topological polar surface area (TPSA) is 60.7 Å². The third kappa shape index (κ3) is 2.17. The maximum absolute atomic E-state index is 11.0. The third-order valence-electron chi connectivity index (χ3n) is 8.05. The molecule has 3 fully saturated rings. The van der Waals surface area contributed by atoms with Crippen LogP contribution in [0.3, 0.4) is 0 Å². The normalized spacial score (nSPS) is 58.9. The second-order valence-corrected chi connectivity index (χ2v) is 10.2. The van der Waals surface area contributed by atoms with E-state index in [0.29, 0.717) is 18.3 Å². The maximum atomic E-state index is 11.0. The lowest BCUT2D eigenvalue weighted by Crippen LogP contribution is -2.56. The molecule has 0 aromatic rings. The van der Waals surface area contributed by atoms with Crippen LogP contribution in [0.4, 0.5) is 0 Å². The second-order valence-electron chi connectivity index (χ2n) is 9.02. The van der Waals surface area contributed by atoms with Gasteiger partial charge in [0.2, 0.25) is 0 Å². The van der Waals surface area contributed by atoms with Crippen LogP contribution in [0.2, 0.25) is 0 Å². The molecular weight excluding hydrogens is 356 g/mol. The molecule has 3 nitrogen and oxygen atoms in total. The summed E-state index contributed by atoms with van der Waals surface area (Å²) in [6.07, 6.45) is 6.69. The highest BCUT2D eigenvalue weighted by Crippen LogP contribution is 2.65. The van der Waals surface area contributed by atoms with Crippen molar-refractivity contribution in [3.63, 3.8) is 0 Å². The number of hydrogen-bond acceptors (Lipinski definition) is 3. The fourth-order valence-electron chi connectivity index (χ4n) is 6.62. The Morgan fingerprint density at radius 3 is 2.57 bits per heavy atom. The molecule has 0 aromatic heterocycles. The van der Waals surface area contributed by atoms with Gasteiger partial charge in [-0.15, -0.1) is 0 Å². The molecule has 0 radical (unpaired) electrons. The smallest absolute Gasteiger partial charge is 0.0724 e. The van der Waals surface area contributed by atoms with Crippen molar-refractivity contribution in [3.05, 3.63) is 11.6 Å². The predicted molar refractivity (Wildman–Crippen MR) is 93.2 cm³/mol. The summed E-state index contributed by atoms with van der Waals surface area (Å²) in [5, 5.41) is 31.7. The number of fused-ring (bicyclic) bond motifs is 5. The molecule has 0 aromatic carbocycles. The summed E-state index contributed by atoms with van der Waals surface area (Å²) in [5.74, 6) is 1.15. The van der Waals surface area contributed by atoms with E-state index in [2.05, 4.69) is 29.8 Å². The Morgan fingerprint density at radius 2 is 1.83 bits per heavy atom. The van der Waals surface area contributed by atoms with Gasteiger partial charge in [-0.25, -0.2) is 0 Å². The summed E-state index contributed by atoms with van der Waals surface area (Å²) in [7, 11) is 0. The van der Waals surface area contributed by atoms with E-state index in [1.165, 1.54) is 5.57 Å². The van der Waals surface area contributed by atoms with Crippen LogP contribution in [0.25, 0.3) is 0 Å². The van der Waals surface area contributed by atoms with Crippen LogP contribution < -0.4 is 0 Å². The molecule has 3 saturated carbocycles. The van der Waals surface area contributed by atoms with Gasteiger partial charge in [-0.05, 0) is 67.1 Å². The number of alkyl halides is 1. The zero-order valence-corrected chi connectivity index (χ0v) is 15.7. The van der Waals surface area contributed by atoms with Crippen LogP contribution in [-0.4, -0.2) is 38.5 Å². The van der Waals surface area contributed by atoms with E-state index in [0.717, 1.165) is 32.1 Å². The molecule has 4 aliphatic carbocycles. The first-order chi connectivity index (χ1) is 10.8. The average molecular weight is 385 g/mol. The van der Waals surface area contributed by atoms with Gasteiger partial charge >= 0.3 is 0 Å². The number of halogens is 1. The molecular formula is C19H29BrO3. The SMILES string of the molecule is C[C@]12CC[C@H]3[C@@H]([C@@H](O)CC4=C[C@@H](O)CC[C@@]43C)[C@@H]1C[C@@H](Br)[C@@H]2O. The molecule has 23 heavy (non-hydrogen) atoms. The van der Waals surface area contributed by atoms with Crippen LogP contribution >= 0.6 is 15.9 Å². The van der Waals surface area contributed by atoms with Gasteiger partial charge in [0.05, 0.1) is 18.3 Å². The summed E-state index contributed by atoms with van der Waals surface area (Å²) in [6, 6.07) is 0. The van der Waals surface area contributed by atoms with E-state index < -0.39 is 0 Å². The number of aliphatic hydroxyl groups excluding tert-OH is 3. The van der Waals surface area contributed by atoms with Crippen LogP contribution in [0, 0.1) is 28.6 Å². The first-order valence-corrected chi connectivity index (χ1v) is 10.1. The van der Waals surface area contributed by atoms with Gasteiger partial charge in [0.15, 0.2) is 0 Å². The molecule has 0 bridgehead atoms. The number of aliphatic hydroxyl groups is 3. The zero-order chi connectivity index (χ0) is 16.6. The minimum atomic E-state index is -0.337. The molecule has 0 aliphatic heterocycles. The summed E-state index contributed by atoms with van der Waals surface area (Å²) in [4.78, 5) is 0.154. The van der Waals surface area contributed by atoms with Crippen LogP contribution in [-0.2, 0) is 0 Å². The van der Waals surface area contributed by atoms with E-state index in [9.17, 15) is 15.3 Å². The van der Waals surface area contributed by atoms with Crippen LogP contribution in [0.15, 0.2) is 11.6 Å². The van der Waals surface area contributed by atoms with E-state index in [4.69, 9.17) is 0 Å². The Morgan fingerprint density at radius 1 is 1.09 bits per heavy atom. The van der Waals surface area contributed by atoms with Gasteiger partial charge in [0.1, 0.15) is 0 Å². The molecule has 4 rings (SSSR count). The quantitative estimate of drug-likeness (QED) is 0.444. The average Bonchev–Trinajstić information content (AvgIpc) is 2.73. The Kier molecular flexibility index (Phi) is 3.81. The summed E-state index contributed by atoms with van der Waals surface area (Å²) in [6.45, 7) is 4.58. The molecule has 0 unspecified atom stereocenters. The van der Waals surface area contributed by atoms with Crippen molar-refractivity contribution in [1.82, 2.24) is 0 Å². The zero-order valence-electron chi connectivity index (χ0n) is 14.1. The lowest BCUT2D eigenvalue weighted by Gasteiger charge is -2.59. The van der Waals surface area contributed by atoms with Crippen LogP contribution in [0.1, 0.15) is 52.4 Å². The van der Waals surface area contributed by atoms with E-state index in [1.54, 1.807) is 0 Å². The van der Waals surface area contributed by atoms with Crippen LogP contribution in [0.5, 0.6) is 0 Å². The van der Waals surface area contributed by atoms with E-state index in [-0.39, 0.29) is 39.9 Å². The molecule has 130 valence electrons. The standard InChI is InChI=1S/C19H29BrO3/c1-18-5-3-11(21)7-10(18)8-15(22)16-12(18)4-6-19(2)13(16)9-14(20)17(19)23/h7,11-17,21-23H,3-6,8-9H2,1-2H3/t11-,12-,13-,14+,15-,16+,17-,18-,19-/m0/s1. The maximum Gasteiger partial charge on any atom is 0.0724 e. The summed E-state index contributed by atoms with van der Waals surface area (Å²) < 4.78 is 0. The summed E-state index contributed by atoms with van der Waals surface area (Å²) >= 11 is 3.68. The Hall–Kier alpha value is 0.1000. The highest BCUT2D eigenvalue weighted by atomic mass is 79.9. The van der Waals surface area contributed by atoms with Gasteiger partial charge in [0.25, 0.3) is 0 Å². The second kappa shape index (κ2) is 5.30. The van der Waals surface area contributed by atoms with E-state index >= 15 is 0 Å². The van der Waals surface area contributed by atoms with E-state index in [1.807, 2.05) is 6.08 Å². The Balaban J connectivity index is 1.73. The van der Waals surface area contributed by atoms with Gasteiger partial charge in [0, 0.05) is 4.83 Å². The molecule has 0 spiro atoms. The fraction of sp³-hybridized carbons (Fsp3) is 0.895. The minimum absolute atomic E-state index is 0.0674. The van der Waals surface area contributed by atoms with Crippen molar-refractivity contribution in [1.29, 1.82) is 0 Å². The minimum Gasteiger partial charge on any atom is -0.392 e.